The molecule has 2 aromatic rings. The van der Waals surface area contributed by atoms with Crippen LogP contribution in [-0.2, 0) is 26.2 Å². The number of carbonyl (C=O) groups excluding carboxylic acids is 2. The first kappa shape index (κ1) is 23.7. The predicted molar refractivity (Wildman–Crippen MR) is 126 cm³/mol. The third-order valence-electron chi connectivity index (χ3n) is 5.77. The number of amides is 1. The van der Waals surface area contributed by atoms with Gasteiger partial charge in [-0.05, 0) is 43.9 Å². The Morgan fingerprint density at radius 1 is 1.09 bits per heavy atom. The zero-order chi connectivity index (χ0) is 23.4. The molecule has 2 fully saturated rings. The Hall–Kier alpha value is -2.50. The van der Waals surface area contributed by atoms with E-state index >= 15 is 0 Å². The zero-order valence-corrected chi connectivity index (χ0v) is 20.2. The van der Waals surface area contributed by atoms with Crippen molar-refractivity contribution in [3.63, 3.8) is 0 Å². The average Bonchev–Trinajstić information content (AvgIpc) is 3.49. The van der Waals surface area contributed by atoms with E-state index in [9.17, 15) is 18.0 Å². The Kier molecular flexibility index (Phi) is 7.30. The van der Waals surface area contributed by atoms with E-state index < -0.39 is 16.0 Å². The number of rotatable bonds is 7. The molecule has 11 heteroatoms. The highest BCUT2D eigenvalue weighted by molar-refractivity contribution is 7.89. The molecule has 1 aromatic carbocycles. The van der Waals surface area contributed by atoms with Crippen molar-refractivity contribution in [1.82, 2.24) is 9.29 Å². The first-order chi connectivity index (χ1) is 15.8. The summed E-state index contributed by atoms with van der Waals surface area (Å²) in [4.78, 5) is 30.7. The SMILES string of the molecule is CC(=O)Nc1nc(COC(=O)c2cc(S(=O)(=O)N3CCCCC3)ccc2N2CCCC2)cs1. The molecule has 1 amide bonds. The molecule has 178 valence electrons. The van der Waals surface area contributed by atoms with Gasteiger partial charge < -0.3 is 15.0 Å². The molecular weight excluding hydrogens is 464 g/mol. The highest BCUT2D eigenvalue weighted by Crippen LogP contribution is 2.30. The summed E-state index contributed by atoms with van der Waals surface area (Å²) in [5.41, 5.74) is 1.44. The van der Waals surface area contributed by atoms with Gasteiger partial charge >= 0.3 is 5.97 Å². The van der Waals surface area contributed by atoms with E-state index in [0.29, 0.717) is 29.6 Å². The number of benzene rings is 1. The van der Waals surface area contributed by atoms with Crippen LogP contribution >= 0.6 is 11.3 Å². The van der Waals surface area contributed by atoms with Gasteiger partial charge in [0.25, 0.3) is 0 Å². The smallest absolute Gasteiger partial charge is 0.340 e. The molecule has 2 aliphatic heterocycles. The molecule has 0 atom stereocenters. The topological polar surface area (TPSA) is 109 Å². The summed E-state index contributed by atoms with van der Waals surface area (Å²) >= 11 is 1.24. The Labute approximate surface area is 197 Å². The summed E-state index contributed by atoms with van der Waals surface area (Å²) in [6.45, 7) is 3.94. The van der Waals surface area contributed by atoms with Crippen molar-refractivity contribution in [2.75, 3.05) is 36.4 Å². The largest absolute Gasteiger partial charge is 0.455 e. The molecule has 1 N–H and O–H groups in total. The molecular formula is C22H28N4O5S2. The van der Waals surface area contributed by atoms with Crippen molar-refractivity contribution in [3.05, 3.63) is 34.8 Å². The van der Waals surface area contributed by atoms with Gasteiger partial charge in [-0.3, -0.25) is 4.79 Å². The molecule has 33 heavy (non-hydrogen) atoms. The second kappa shape index (κ2) is 10.2. The molecule has 4 rings (SSSR count). The third-order valence-corrected chi connectivity index (χ3v) is 8.47. The Balaban J connectivity index is 1.57. The van der Waals surface area contributed by atoms with Crippen molar-refractivity contribution in [1.29, 1.82) is 0 Å². The van der Waals surface area contributed by atoms with Gasteiger partial charge in [0.2, 0.25) is 15.9 Å². The van der Waals surface area contributed by atoms with Gasteiger partial charge in [-0.1, -0.05) is 6.42 Å². The summed E-state index contributed by atoms with van der Waals surface area (Å²) in [5, 5.41) is 4.73. The standard InChI is InChI=1S/C22H28N4O5S2/c1-16(27)23-22-24-17(15-32-22)14-31-21(28)19-13-18(7-8-20(19)25-9-5-6-10-25)33(29,30)26-11-3-2-4-12-26/h7-8,13,15H,2-6,9-12,14H2,1H3,(H,23,24,27). The number of hydrogen-bond acceptors (Lipinski definition) is 8. The highest BCUT2D eigenvalue weighted by Gasteiger charge is 2.29. The van der Waals surface area contributed by atoms with E-state index in [1.165, 1.54) is 28.6 Å². The Morgan fingerprint density at radius 3 is 2.48 bits per heavy atom. The normalized spacial score (nSPS) is 17.2. The second-order valence-electron chi connectivity index (χ2n) is 8.24. The quantitative estimate of drug-likeness (QED) is 0.591. The van der Waals surface area contributed by atoms with Gasteiger partial charge in [0, 0.05) is 38.5 Å². The number of anilines is 2. The zero-order valence-electron chi connectivity index (χ0n) is 18.6. The molecule has 0 aliphatic carbocycles. The maximum Gasteiger partial charge on any atom is 0.340 e. The second-order valence-corrected chi connectivity index (χ2v) is 11.0. The van der Waals surface area contributed by atoms with E-state index in [-0.39, 0.29) is 23.0 Å². The van der Waals surface area contributed by atoms with E-state index in [0.717, 1.165) is 45.2 Å². The van der Waals surface area contributed by atoms with Gasteiger partial charge in [-0.2, -0.15) is 4.31 Å². The number of thiazole rings is 1. The van der Waals surface area contributed by atoms with Crippen LogP contribution in [0.2, 0.25) is 0 Å². The number of carbonyl (C=O) groups is 2. The van der Waals surface area contributed by atoms with Crippen molar-refractivity contribution >= 4 is 44.1 Å². The number of nitrogens with zero attached hydrogens (tertiary/aromatic N) is 3. The first-order valence-corrected chi connectivity index (χ1v) is 13.4. The van der Waals surface area contributed by atoms with Gasteiger partial charge in [0.1, 0.15) is 6.61 Å². The van der Waals surface area contributed by atoms with Gasteiger partial charge in [-0.15, -0.1) is 11.3 Å². The molecule has 2 saturated heterocycles. The number of piperidine rings is 1. The number of hydrogen-bond donors (Lipinski definition) is 1. The van der Waals surface area contributed by atoms with Crippen molar-refractivity contribution in [2.24, 2.45) is 0 Å². The maximum atomic E-state index is 13.2. The number of nitrogens with one attached hydrogen (secondary N) is 1. The minimum Gasteiger partial charge on any atom is -0.455 e. The molecule has 0 spiro atoms. The average molecular weight is 493 g/mol. The van der Waals surface area contributed by atoms with Gasteiger partial charge in [-0.25, -0.2) is 18.2 Å². The molecule has 0 unspecified atom stereocenters. The van der Waals surface area contributed by atoms with E-state index in [1.54, 1.807) is 17.5 Å². The summed E-state index contributed by atoms with van der Waals surface area (Å²) in [7, 11) is -3.68. The monoisotopic (exact) mass is 492 g/mol. The van der Waals surface area contributed by atoms with Crippen LogP contribution in [-0.4, -0.2) is 55.8 Å². The number of sulfonamides is 1. The first-order valence-electron chi connectivity index (χ1n) is 11.1. The van der Waals surface area contributed by atoms with Crippen LogP contribution in [0, 0.1) is 0 Å². The van der Waals surface area contributed by atoms with Crippen LogP contribution < -0.4 is 10.2 Å². The lowest BCUT2D eigenvalue weighted by Crippen LogP contribution is -2.35. The van der Waals surface area contributed by atoms with Crippen LogP contribution in [0.5, 0.6) is 0 Å². The molecule has 0 bridgehead atoms. The summed E-state index contributed by atoms with van der Waals surface area (Å²) in [6, 6.07) is 4.76. The minimum absolute atomic E-state index is 0.0720. The molecule has 3 heterocycles. The fourth-order valence-electron chi connectivity index (χ4n) is 4.13. The Morgan fingerprint density at radius 2 is 1.79 bits per heavy atom. The third kappa shape index (κ3) is 5.53. The van der Waals surface area contributed by atoms with Crippen molar-refractivity contribution in [2.45, 2.75) is 50.5 Å². The van der Waals surface area contributed by atoms with E-state index in [4.69, 9.17) is 4.74 Å². The predicted octanol–water partition coefficient (Wildman–Crippen LogP) is 3.23. The summed E-state index contributed by atoms with van der Waals surface area (Å²) in [6.07, 6.45) is 4.75. The lowest BCUT2D eigenvalue weighted by atomic mass is 10.1. The minimum atomic E-state index is -3.68. The fourth-order valence-corrected chi connectivity index (χ4v) is 6.41. The number of aromatic nitrogens is 1. The van der Waals surface area contributed by atoms with Gasteiger partial charge in [0.15, 0.2) is 5.13 Å². The van der Waals surface area contributed by atoms with Crippen LogP contribution in [0.15, 0.2) is 28.5 Å². The lowest BCUT2D eigenvalue weighted by molar-refractivity contribution is -0.114. The molecule has 1 aromatic heterocycles. The van der Waals surface area contributed by atoms with Crippen molar-refractivity contribution < 1.29 is 22.7 Å². The van der Waals surface area contributed by atoms with E-state index in [1.807, 2.05) is 0 Å². The van der Waals surface area contributed by atoms with Crippen molar-refractivity contribution in [3.8, 4) is 0 Å². The van der Waals surface area contributed by atoms with Crippen LogP contribution in [0.3, 0.4) is 0 Å². The molecule has 0 saturated carbocycles. The van der Waals surface area contributed by atoms with Crippen LogP contribution in [0.4, 0.5) is 10.8 Å². The molecule has 9 nitrogen and oxygen atoms in total. The number of ether oxygens (including phenoxy) is 1. The maximum absolute atomic E-state index is 13.2. The van der Waals surface area contributed by atoms with Crippen LogP contribution in [0.25, 0.3) is 0 Å². The van der Waals surface area contributed by atoms with Crippen LogP contribution in [0.1, 0.15) is 55.1 Å². The van der Waals surface area contributed by atoms with Gasteiger partial charge in [0.05, 0.1) is 21.8 Å². The number of esters is 1. The lowest BCUT2D eigenvalue weighted by Gasteiger charge is -2.27. The summed E-state index contributed by atoms with van der Waals surface area (Å²) in [5.74, 6) is -0.823. The fraction of sp³-hybridized carbons (Fsp3) is 0.500. The summed E-state index contributed by atoms with van der Waals surface area (Å²) < 4.78 is 33.4. The molecule has 2 aliphatic rings. The highest BCUT2D eigenvalue weighted by atomic mass is 32.2. The molecule has 0 radical (unpaired) electrons. The van der Waals surface area contributed by atoms with E-state index in [2.05, 4.69) is 15.2 Å². The Bertz CT molecular complexity index is 1120.